The van der Waals surface area contributed by atoms with Gasteiger partial charge >= 0.3 is 0 Å². The Labute approximate surface area is 267 Å². The van der Waals surface area contributed by atoms with E-state index in [2.05, 4.69) is 78.7 Å². The number of benzene rings is 2. The summed E-state index contributed by atoms with van der Waals surface area (Å²) < 4.78 is 14.4. The molecule has 2 aromatic carbocycles. The Hall–Kier alpha value is -2.63. The van der Waals surface area contributed by atoms with Crippen LogP contribution in [0.2, 0.25) is 0 Å². The SMILES string of the molecule is Brc1cncc(Br)c1.COCCOc1cccc(-c2cncc(Br)c2)c1.Oc1cccc(-c2cncc(Br)c2)c1. The molecule has 3 heterocycles. The molecule has 5 rings (SSSR count). The Balaban J connectivity index is 0.000000178. The van der Waals surface area contributed by atoms with E-state index in [4.69, 9.17) is 9.47 Å². The van der Waals surface area contributed by atoms with Crippen LogP contribution in [0, 0.1) is 0 Å². The first-order valence-electron chi connectivity index (χ1n) is 11.8. The second-order valence-corrected chi connectivity index (χ2v) is 11.7. The third-order valence-corrected chi connectivity index (χ3v) is 6.72. The fourth-order valence-electron chi connectivity index (χ4n) is 3.22. The average molecular weight is 795 g/mol. The lowest BCUT2D eigenvalue weighted by molar-refractivity contribution is 0.146. The van der Waals surface area contributed by atoms with Crippen molar-refractivity contribution in [3.05, 3.63) is 122 Å². The summed E-state index contributed by atoms with van der Waals surface area (Å²) in [5, 5.41) is 9.31. The first-order valence-corrected chi connectivity index (χ1v) is 15.0. The standard InChI is InChI=1S/C14H14BrNO2.C11H8BrNO.C5H3Br2N/c1-17-5-6-18-14-4-2-3-11(8-14)12-7-13(15)10-16-9-12;12-10-4-9(6-13-7-10)8-2-1-3-11(14)5-8;6-4-1-5(7)3-8-2-4/h2-4,7-10H,5-6H2,1H3;1-7,14H;1-3H. The van der Waals surface area contributed by atoms with Gasteiger partial charge in [-0.25, -0.2) is 0 Å². The number of ether oxygens (including phenoxy) is 2. The summed E-state index contributed by atoms with van der Waals surface area (Å²) in [4.78, 5) is 12.1. The maximum absolute atomic E-state index is 9.31. The normalized spacial score (nSPS) is 10.0. The molecule has 0 aliphatic rings. The molecule has 0 radical (unpaired) electrons. The minimum atomic E-state index is 0.266. The minimum Gasteiger partial charge on any atom is -0.508 e. The van der Waals surface area contributed by atoms with Crippen LogP contribution in [0.1, 0.15) is 0 Å². The fourth-order valence-corrected chi connectivity index (χ4v) is 4.99. The molecule has 0 atom stereocenters. The molecule has 0 saturated carbocycles. The number of phenolic OH excluding ortho intramolecular Hbond substituents is 1. The first-order chi connectivity index (χ1) is 19.3. The molecule has 40 heavy (non-hydrogen) atoms. The molecule has 3 aromatic heterocycles. The maximum Gasteiger partial charge on any atom is 0.120 e. The summed E-state index contributed by atoms with van der Waals surface area (Å²) >= 11 is 13.3. The van der Waals surface area contributed by atoms with Crippen molar-refractivity contribution in [3.8, 4) is 33.8 Å². The van der Waals surface area contributed by atoms with E-state index in [1.165, 1.54) is 0 Å². The summed E-state index contributed by atoms with van der Waals surface area (Å²) in [6, 6.07) is 21.0. The van der Waals surface area contributed by atoms with Gasteiger partial charge in [0.05, 0.1) is 6.61 Å². The molecular weight excluding hydrogens is 770 g/mol. The zero-order valence-corrected chi connectivity index (χ0v) is 27.7. The lowest BCUT2D eigenvalue weighted by atomic mass is 10.1. The highest BCUT2D eigenvalue weighted by Crippen LogP contribution is 2.26. The molecule has 5 aromatic rings. The van der Waals surface area contributed by atoms with E-state index in [0.717, 1.165) is 45.9 Å². The Morgan fingerprint density at radius 2 is 1.07 bits per heavy atom. The van der Waals surface area contributed by atoms with Gasteiger partial charge in [-0.1, -0.05) is 24.3 Å². The molecule has 1 N–H and O–H groups in total. The van der Waals surface area contributed by atoms with Crippen LogP contribution in [0.15, 0.2) is 122 Å². The van der Waals surface area contributed by atoms with Crippen molar-refractivity contribution < 1.29 is 14.6 Å². The third kappa shape index (κ3) is 11.5. The number of aromatic hydroxyl groups is 1. The number of methoxy groups -OCH3 is 1. The number of halogens is 4. The van der Waals surface area contributed by atoms with Gasteiger partial charge in [0, 0.05) is 73.3 Å². The summed E-state index contributed by atoms with van der Waals surface area (Å²) in [5.41, 5.74) is 4.08. The van der Waals surface area contributed by atoms with Crippen LogP contribution in [0.4, 0.5) is 0 Å². The monoisotopic (exact) mass is 791 g/mol. The van der Waals surface area contributed by atoms with Crippen molar-refractivity contribution in [2.75, 3.05) is 20.3 Å². The number of pyridine rings is 3. The molecule has 0 saturated heterocycles. The first kappa shape index (κ1) is 31.9. The third-order valence-electron chi connectivity index (χ3n) is 4.98. The zero-order valence-electron chi connectivity index (χ0n) is 21.3. The van der Waals surface area contributed by atoms with Crippen molar-refractivity contribution in [1.82, 2.24) is 15.0 Å². The van der Waals surface area contributed by atoms with Crippen LogP contribution >= 0.6 is 63.7 Å². The van der Waals surface area contributed by atoms with Crippen LogP contribution in [0.3, 0.4) is 0 Å². The van der Waals surface area contributed by atoms with Crippen molar-refractivity contribution in [3.63, 3.8) is 0 Å². The Morgan fingerprint density at radius 3 is 1.55 bits per heavy atom. The Morgan fingerprint density at radius 1 is 0.575 bits per heavy atom. The summed E-state index contributed by atoms with van der Waals surface area (Å²) in [6.07, 6.45) is 10.6. The van der Waals surface area contributed by atoms with E-state index >= 15 is 0 Å². The predicted octanol–water partition coefficient (Wildman–Crippen LogP) is 9.36. The van der Waals surface area contributed by atoms with Crippen LogP contribution in [-0.2, 0) is 4.74 Å². The number of phenols is 1. The van der Waals surface area contributed by atoms with Crippen molar-refractivity contribution >= 4 is 63.7 Å². The molecule has 0 unspecified atom stereocenters. The second-order valence-electron chi connectivity index (χ2n) is 8.02. The van der Waals surface area contributed by atoms with Gasteiger partial charge in [-0.05, 0) is 117 Å². The second kappa shape index (κ2) is 17.2. The van der Waals surface area contributed by atoms with E-state index in [9.17, 15) is 5.11 Å². The molecule has 6 nitrogen and oxygen atoms in total. The fraction of sp³-hybridized carbons (Fsp3) is 0.100. The average Bonchev–Trinajstić information content (AvgIpc) is 2.94. The predicted molar refractivity (Wildman–Crippen MR) is 173 cm³/mol. The number of nitrogens with zero attached hydrogens (tertiary/aromatic N) is 3. The van der Waals surface area contributed by atoms with E-state index in [-0.39, 0.29) is 5.75 Å². The van der Waals surface area contributed by atoms with Gasteiger partial charge in [-0.15, -0.1) is 0 Å². The maximum atomic E-state index is 9.31. The van der Waals surface area contributed by atoms with Gasteiger partial charge in [0.15, 0.2) is 0 Å². The lowest BCUT2D eigenvalue weighted by Crippen LogP contribution is -2.04. The lowest BCUT2D eigenvalue weighted by Gasteiger charge is -2.07. The summed E-state index contributed by atoms with van der Waals surface area (Å²) in [5.74, 6) is 1.10. The number of aromatic nitrogens is 3. The summed E-state index contributed by atoms with van der Waals surface area (Å²) in [6.45, 7) is 1.14. The van der Waals surface area contributed by atoms with Crippen LogP contribution in [-0.4, -0.2) is 40.4 Å². The van der Waals surface area contributed by atoms with E-state index < -0.39 is 0 Å². The smallest absolute Gasteiger partial charge is 0.120 e. The highest BCUT2D eigenvalue weighted by molar-refractivity contribution is 9.11. The molecule has 206 valence electrons. The zero-order chi connectivity index (χ0) is 28.7. The molecular formula is C30H25Br4N3O3. The van der Waals surface area contributed by atoms with Crippen molar-refractivity contribution in [2.24, 2.45) is 0 Å². The van der Waals surface area contributed by atoms with Crippen molar-refractivity contribution in [2.45, 2.75) is 0 Å². The van der Waals surface area contributed by atoms with Crippen molar-refractivity contribution in [1.29, 1.82) is 0 Å². The molecule has 0 amide bonds. The van der Waals surface area contributed by atoms with Gasteiger partial charge < -0.3 is 14.6 Å². The summed E-state index contributed by atoms with van der Waals surface area (Å²) in [7, 11) is 1.66. The number of rotatable bonds is 6. The minimum absolute atomic E-state index is 0.266. The molecule has 10 heteroatoms. The Bertz CT molecular complexity index is 1440. The Kier molecular flexibility index (Phi) is 13.7. The molecule has 0 spiro atoms. The quantitative estimate of drug-likeness (QED) is 0.173. The van der Waals surface area contributed by atoms with Crippen LogP contribution in [0.25, 0.3) is 22.3 Å². The van der Waals surface area contributed by atoms with Gasteiger partial charge in [0.25, 0.3) is 0 Å². The molecule has 0 aliphatic carbocycles. The molecule has 0 bridgehead atoms. The van der Waals surface area contributed by atoms with Crippen LogP contribution < -0.4 is 4.74 Å². The topological polar surface area (TPSA) is 77.4 Å². The van der Waals surface area contributed by atoms with Crippen LogP contribution in [0.5, 0.6) is 11.5 Å². The molecule has 0 fully saturated rings. The van der Waals surface area contributed by atoms with Gasteiger partial charge in [0.1, 0.15) is 18.1 Å². The van der Waals surface area contributed by atoms with E-state index in [1.807, 2.05) is 60.8 Å². The number of hydrogen-bond donors (Lipinski definition) is 1. The largest absolute Gasteiger partial charge is 0.508 e. The van der Waals surface area contributed by atoms with E-state index in [1.54, 1.807) is 50.2 Å². The van der Waals surface area contributed by atoms with Gasteiger partial charge in [0.2, 0.25) is 0 Å². The van der Waals surface area contributed by atoms with E-state index in [0.29, 0.717) is 13.2 Å². The highest BCUT2D eigenvalue weighted by atomic mass is 79.9. The highest BCUT2D eigenvalue weighted by Gasteiger charge is 2.02. The molecule has 0 aliphatic heterocycles. The number of hydrogen-bond acceptors (Lipinski definition) is 6. The van der Waals surface area contributed by atoms with Gasteiger partial charge in [-0.2, -0.15) is 0 Å². The van der Waals surface area contributed by atoms with Gasteiger partial charge in [-0.3, -0.25) is 15.0 Å².